The van der Waals surface area contributed by atoms with Gasteiger partial charge in [-0.2, -0.15) is 0 Å². The Bertz CT molecular complexity index is 917. The highest BCUT2D eigenvalue weighted by molar-refractivity contribution is 7.71. The number of nitrogens with one attached hydrogen (secondary N) is 1. The lowest BCUT2D eigenvalue weighted by Crippen LogP contribution is -2.30. The summed E-state index contributed by atoms with van der Waals surface area (Å²) in [5.41, 5.74) is 3.44. The molecule has 0 fully saturated rings. The van der Waals surface area contributed by atoms with Crippen molar-refractivity contribution in [2.75, 3.05) is 6.54 Å². The molecular weight excluding hydrogens is 342 g/mol. The highest BCUT2D eigenvalue weighted by Crippen LogP contribution is 2.25. The van der Waals surface area contributed by atoms with Gasteiger partial charge < -0.3 is 9.40 Å². The van der Waals surface area contributed by atoms with E-state index in [9.17, 15) is 0 Å². The average Bonchev–Trinajstić information content (AvgIpc) is 3.04. The number of H-pyrrole nitrogens is 1. The van der Waals surface area contributed by atoms with Gasteiger partial charge in [-0.15, -0.1) is 0 Å². The molecule has 0 aliphatic carbocycles. The number of aromatic nitrogens is 2. The van der Waals surface area contributed by atoms with Crippen LogP contribution >= 0.6 is 23.8 Å². The fourth-order valence-corrected chi connectivity index (χ4v) is 3.29. The van der Waals surface area contributed by atoms with Gasteiger partial charge >= 0.3 is 0 Å². The predicted molar refractivity (Wildman–Crippen MR) is 96.4 cm³/mol. The Kier molecular flexibility index (Phi) is 4.22. The van der Waals surface area contributed by atoms with Gasteiger partial charge in [0.25, 0.3) is 0 Å². The van der Waals surface area contributed by atoms with E-state index in [0.29, 0.717) is 4.77 Å². The van der Waals surface area contributed by atoms with Crippen LogP contribution in [0, 0.1) is 4.77 Å². The van der Waals surface area contributed by atoms with Gasteiger partial charge in [-0.25, -0.2) is 4.98 Å². The van der Waals surface area contributed by atoms with Gasteiger partial charge in [0.15, 0.2) is 4.77 Å². The zero-order valence-corrected chi connectivity index (χ0v) is 14.5. The molecule has 0 unspecified atom stereocenters. The van der Waals surface area contributed by atoms with Crippen LogP contribution in [0.3, 0.4) is 0 Å². The highest BCUT2D eigenvalue weighted by atomic mass is 35.5. The predicted octanol–water partition coefficient (Wildman–Crippen LogP) is 4.61. The molecule has 1 aromatic carbocycles. The van der Waals surface area contributed by atoms with Crippen molar-refractivity contribution < 1.29 is 4.42 Å². The second kappa shape index (κ2) is 6.51. The summed E-state index contributed by atoms with van der Waals surface area (Å²) in [6.07, 6.45) is 2.83. The van der Waals surface area contributed by atoms with Crippen LogP contribution in [0.2, 0.25) is 5.02 Å². The Morgan fingerprint density at radius 2 is 2.04 bits per heavy atom. The lowest BCUT2D eigenvalue weighted by Gasteiger charge is -2.27. The van der Waals surface area contributed by atoms with Gasteiger partial charge in [0.2, 0.25) is 0 Å². The maximum absolute atomic E-state index is 5.99. The van der Waals surface area contributed by atoms with Crippen molar-refractivity contribution >= 4 is 23.8 Å². The van der Waals surface area contributed by atoms with Crippen LogP contribution in [-0.2, 0) is 19.5 Å². The van der Waals surface area contributed by atoms with Crippen molar-refractivity contribution in [3.8, 4) is 11.3 Å². The smallest absolute Gasteiger partial charge is 0.196 e. The number of hydrogen-bond donors (Lipinski definition) is 1. The molecule has 0 atom stereocenters. The normalized spacial score (nSPS) is 14.5. The molecule has 4 rings (SSSR count). The van der Waals surface area contributed by atoms with Crippen molar-refractivity contribution in [3.63, 3.8) is 0 Å². The van der Waals surface area contributed by atoms with Gasteiger partial charge in [0.05, 0.1) is 6.54 Å². The number of hydrogen-bond acceptors (Lipinski definition) is 4. The Morgan fingerprint density at radius 3 is 2.88 bits per heavy atom. The van der Waals surface area contributed by atoms with E-state index >= 15 is 0 Å². The van der Waals surface area contributed by atoms with E-state index in [1.54, 1.807) is 0 Å². The summed E-state index contributed by atoms with van der Waals surface area (Å²) < 4.78 is 6.55. The van der Waals surface area contributed by atoms with Crippen molar-refractivity contribution in [1.82, 2.24) is 14.9 Å². The molecule has 1 aliphatic heterocycles. The summed E-state index contributed by atoms with van der Waals surface area (Å²) in [7, 11) is 0. The van der Waals surface area contributed by atoms with Crippen molar-refractivity contribution in [2.24, 2.45) is 0 Å². The van der Waals surface area contributed by atoms with Crippen LogP contribution in [0.5, 0.6) is 0 Å². The first-order valence-corrected chi connectivity index (χ1v) is 8.60. The summed E-state index contributed by atoms with van der Waals surface area (Å²) in [5, 5.41) is 0.727. The Balaban J connectivity index is 1.48. The van der Waals surface area contributed by atoms with Gasteiger partial charge in [0.1, 0.15) is 11.5 Å². The number of aromatic amines is 1. The number of fused-ring (bicyclic) bond motifs is 1. The first-order valence-electron chi connectivity index (χ1n) is 7.81. The van der Waals surface area contributed by atoms with Crippen molar-refractivity contribution in [2.45, 2.75) is 19.5 Å². The van der Waals surface area contributed by atoms with Crippen LogP contribution in [0.4, 0.5) is 0 Å². The van der Waals surface area contributed by atoms with E-state index in [0.717, 1.165) is 48.2 Å². The molecule has 0 saturated carbocycles. The Labute approximate surface area is 150 Å². The van der Waals surface area contributed by atoms with Crippen LogP contribution in [-0.4, -0.2) is 21.4 Å². The van der Waals surface area contributed by atoms with Crippen molar-refractivity contribution in [3.05, 3.63) is 69.4 Å². The van der Waals surface area contributed by atoms with Gasteiger partial charge in [0, 0.05) is 47.6 Å². The number of halogens is 1. The first-order chi connectivity index (χ1) is 11.7. The molecule has 3 heterocycles. The van der Waals surface area contributed by atoms with Crippen LogP contribution in [0.1, 0.15) is 17.0 Å². The quantitative estimate of drug-likeness (QED) is 0.695. The lowest BCUT2D eigenvalue weighted by atomic mass is 10.1. The second-order valence-corrected chi connectivity index (χ2v) is 6.75. The largest absolute Gasteiger partial charge is 0.460 e. The third-order valence-electron chi connectivity index (χ3n) is 4.22. The molecule has 0 radical (unpaired) electrons. The van der Waals surface area contributed by atoms with Gasteiger partial charge in [-0.1, -0.05) is 11.6 Å². The molecule has 0 saturated heterocycles. The molecule has 0 spiro atoms. The maximum atomic E-state index is 5.99. The zero-order valence-electron chi connectivity index (χ0n) is 13.0. The van der Waals surface area contributed by atoms with Crippen LogP contribution < -0.4 is 0 Å². The minimum atomic E-state index is 0.556. The Morgan fingerprint density at radius 1 is 1.21 bits per heavy atom. The molecule has 0 bridgehead atoms. The molecule has 0 amide bonds. The molecule has 24 heavy (non-hydrogen) atoms. The molecular formula is C18H16ClN3OS. The molecule has 6 heteroatoms. The molecule has 122 valence electrons. The molecule has 4 nitrogen and oxygen atoms in total. The van der Waals surface area contributed by atoms with E-state index in [-0.39, 0.29) is 0 Å². The standard InChI is InChI=1S/C18H16ClN3OS/c19-14-3-1-12(2-4-14)17-6-5-15(23-17)11-22-8-7-16-13(10-22)9-20-18(24)21-16/h1-6,9H,7-8,10-11H2,(H,20,21,24). The number of furan rings is 1. The summed E-state index contributed by atoms with van der Waals surface area (Å²) in [4.78, 5) is 9.72. The first kappa shape index (κ1) is 15.6. The van der Waals surface area contributed by atoms with E-state index in [1.807, 2.05) is 42.6 Å². The van der Waals surface area contributed by atoms with E-state index in [2.05, 4.69) is 14.9 Å². The maximum Gasteiger partial charge on any atom is 0.196 e. The minimum absolute atomic E-state index is 0.556. The molecule has 3 aromatic rings. The lowest BCUT2D eigenvalue weighted by molar-refractivity contribution is 0.224. The molecule has 2 aromatic heterocycles. The van der Waals surface area contributed by atoms with E-state index in [4.69, 9.17) is 28.2 Å². The third kappa shape index (κ3) is 3.29. The fraction of sp³-hybridized carbons (Fsp3) is 0.222. The summed E-state index contributed by atoms with van der Waals surface area (Å²) in [5.74, 6) is 1.82. The number of nitrogens with zero attached hydrogens (tertiary/aromatic N) is 2. The summed E-state index contributed by atoms with van der Waals surface area (Å²) in [6, 6.07) is 11.7. The van der Waals surface area contributed by atoms with Gasteiger partial charge in [-0.05, 0) is 48.6 Å². The monoisotopic (exact) mass is 357 g/mol. The zero-order chi connectivity index (χ0) is 16.5. The van der Waals surface area contributed by atoms with E-state index < -0.39 is 0 Å². The van der Waals surface area contributed by atoms with Crippen LogP contribution in [0.25, 0.3) is 11.3 Å². The second-order valence-electron chi connectivity index (χ2n) is 5.93. The van der Waals surface area contributed by atoms with Crippen LogP contribution in [0.15, 0.2) is 47.0 Å². The molecule has 1 aliphatic rings. The Hall–Kier alpha value is -1.95. The van der Waals surface area contributed by atoms with E-state index in [1.165, 1.54) is 11.3 Å². The SMILES string of the molecule is S=c1ncc2c([nH]1)CCN(Cc1ccc(-c3ccc(Cl)cc3)o1)C2. The minimum Gasteiger partial charge on any atom is -0.460 e. The highest BCUT2D eigenvalue weighted by Gasteiger charge is 2.18. The van der Waals surface area contributed by atoms with Gasteiger partial charge in [-0.3, -0.25) is 4.90 Å². The average molecular weight is 358 g/mol. The number of rotatable bonds is 3. The topological polar surface area (TPSA) is 45.1 Å². The summed E-state index contributed by atoms with van der Waals surface area (Å²) in [6.45, 7) is 2.60. The van der Waals surface area contributed by atoms with Crippen molar-refractivity contribution in [1.29, 1.82) is 0 Å². The molecule has 1 N–H and O–H groups in total. The fourth-order valence-electron chi connectivity index (χ4n) is 2.99. The third-order valence-corrected chi connectivity index (χ3v) is 4.68. The summed E-state index contributed by atoms with van der Waals surface area (Å²) >= 11 is 11.0. The number of benzene rings is 1.